The number of hydrogen-bond donors (Lipinski definition) is 1. The van der Waals surface area contributed by atoms with Crippen molar-refractivity contribution >= 4 is 11.8 Å². The molecule has 2 amide bonds. The quantitative estimate of drug-likeness (QED) is 0.858. The third-order valence-corrected chi connectivity index (χ3v) is 4.93. The average molecular weight is 321 g/mol. The second kappa shape index (κ2) is 6.33. The van der Waals surface area contributed by atoms with E-state index in [0.29, 0.717) is 57.8 Å². The standard InChI is InChI=1S/C16H23N3O4/c1-2-13-12(3-9-23-13)14(20)18-5-7-19(8-6-18)16(15(17)21)4-10-22-11-16/h3,9H,2,4-8,10-11H2,1H3,(H2,17,21). The second-order valence-electron chi connectivity index (χ2n) is 6.09. The first-order chi connectivity index (χ1) is 11.1. The van der Waals surface area contributed by atoms with Gasteiger partial charge in [0, 0.05) is 45.6 Å². The Balaban J connectivity index is 1.66. The van der Waals surface area contributed by atoms with E-state index in [4.69, 9.17) is 14.9 Å². The molecule has 1 aromatic rings. The normalized spacial score (nSPS) is 25.7. The van der Waals surface area contributed by atoms with Gasteiger partial charge in [-0.3, -0.25) is 14.5 Å². The molecule has 2 N–H and O–H groups in total. The molecule has 23 heavy (non-hydrogen) atoms. The summed E-state index contributed by atoms with van der Waals surface area (Å²) in [6.07, 6.45) is 2.87. The zero-order valence-corrected chi connectivity index (χ0v) is 13.4. The van der Waals surface area contributed by atoms with Crippen LogP contribution in [0.15, 0.2) is 16.7 Å². The number of ether oxygens (including phenoxy) is 1. The monoisotopic (exact) mass is 321 g/mol. The highest BCUT2D eigenvalue weighted by Crippen LogP contribution is 2.27. The Morgan fingerprint density at radius 3 is 2.61 bits per heavy atom. The molecule has 3 heterocycles. The van der Waals surface area contributed by atoms with Crippen LogP contribution in [0.25, 0.3) is 0 Å². The summed E-state index contributed by atoms with van der Waals surface area (Å²) in [6, 6.07) is 1.73. The molecular formula is C16H23N3O4. The van der Waals surface area contributed by atoms with Crippen molar-refractivity contribution in [2.75, 3.05) is 39.4 Å². The largest absolute Gasteiger partial charge is 0.469 e. The van der Waals surface area contributed by atoms with Crippen molar-refractivity contribution in [1.82, 2.24) is 9.80 Å². The van der Waals surface area contributed by atoms with Gasteiger partial charge >= 0.3 is 0 Å². The molecule has 1 aromatic heterocycles. The van der Waals surface area contributed by atoms with Gasteiger partial charge in [-0.25, -0.2) is 0 Å². The van der Waals surface area contributed by atoms with Crippen LogP contribution in [-0.4, -0.2) is 66.5 Å². The number of nitrogens with zero attached hydrogens (tertiary/aromatic N) is 2. The fraction of sp³-hybridized carbons (Fsp3) is 0.625. The predicted molar refractivity (Wildman–Crippen MR) is 82.9 cm³/mol. The molecule has 0 bridgehead atoms. The van der Waals surface area contributed by atoms with E-state index in [1.54, 1.807) is 12.3 Å². The number of primary amides is 1. The number of nitrogens with two attached hydrogens (primary N) is 1. The van der Waals surface area contributed by atoms with E-state index in [-0.39, 0.29) is 11.8 Å². The van der Waals surface area contributed by atoms with Crippen LogP contribution in [0, 0.1) is 0 Å². The molecular weight excluding hydrogens is 298 g/mol. The van der Waals surface area contributed by atoms with Gasteiger partial charge in [0.15, 0.2) is 0 Å². The molecule has 0 aromatic carbocycles. The molecule has 2 fully saturated rings. The fourth-order valence-corrected chi connectivity index (χ4v) is 3.47. The molecule has 0 spiro atoms. The average Bonchev–Trinajstić information content (AvgIpc) is 3.24. The summed E-state index contributed by atoms with van der Waals surface area (Å²) in [5.74, 6) is 0.374. The first-order valence-electron chi connectivity index (χ1n) is 8.07. The maximum absolute atomic E-state index is 12.6. The van der Waals surface area contributed by atoms with Crippen molar-refractivity contribution in [3.63, 3.8) is 0 Å². The minimum Gasteiger partial charge on any atom is -0.469 e. The third kappa shape index (κ3) is 2.74. The summed E-state index contributed by atoms with van der Waals surface area (Å²) < 4.78 is 10.7. The molecule has 0 radical (unpaired) electrons. The van der Waals surface area contributed by atoms with Gasteiger partial charge in [-0.15, -0.1) is 0 Å². The lowest BCUT2D eigenvalue weighted by molar-refractivity contribution is -0.131. The minimum absolute atomic E-state index is 0.00829. The van der Waals surface area contributed by atoms with Crippen molar-refractivity contribution in [1.29, 1.82) is 0 Å². The lowest BCUT2D eigenvalue weighted by Gasteiger charge is -2.43. The van der Waals surface area contributed by atoms with Crippen LogP contribution >= 0.6 is 0 Å². The van der Waals surface area contributed by atoms with E-state index in [1.165, 1.54) is 0 Å². The minimum atomic E-state index is -0.709. The number of furan rings is 1. The Morgan fingerprint density at radius 2 is 2.04 bits per heavy atom. The van der Waals surface area contributed by atoms with Crippen molar-refractivity contribution in [3.8, 4) is 0 Å². The van der Waals surface area contributed by atoms with E-state index < -0.39 is 5.54 Å². The Morgan fingerprint density at radius 1 is 1.30 bits per heavy atom. The van der Waals surface area contributed by atoms with Crippen LogP contribution < -0.4 is 5.73 Å². The number of piperazine rings is 1. The molecule has 3 rings (SSSR count). The van der Waals surface area contributed by atoms with Crippen molar-refractivity contribution in [3.05, 3.63) is 23.7 Å². The van der Waals surface area contributed by atoms with Crippen molar-refractivity contribution in [2.45, 2.75) is 25.3 Å². The number of carbonyl (C=O) groups excluding carboxylic acids is 2. The Hall–Kier alpha value is -1.86. The molecule has 7 heteroatoms. The molecule has 2 saturated heterocycles. The van der Waals surface area contributed by atoms with Gasteiger partial charge < -0.3 is 19.8 Å². The van der Waals surface area contributed by atoms with E-state index in [2.05, 4.69) is 4.90 Å². The number of carbonyl (C=O) groups is 2. The summed E-state index contributed by atoms with van der Waals surface area (Å²) in [5.41, 5.74) is 5.54. The first kappa shape index (κ1) is 16.0. The highest BCUT2D eigenvalue weighted by molar-refractivity contribution is 5.95. The van der Waals surface area contributed by atoms with Crippen LogP contribution in [0.2, 0.25) is 0 Å². The summed E-state index contributed by atoms with van der Waals surface area (Å²) in [6.45, 7) is 5.25. The SMILES string of the molecule is CCc1occc1C(=O)N1CCN(C2(C(N)=O)CCOC2)CC1. The van der Waals surface area contributed by atoms with E-state index >= 15 is 0 Å². The molecule has 1 unspecified atom stereocenters. The first-order valence-corrected chi connectivity index (χ1v) is 8.07. The zero-order chi connectivity index (χ0) is 16.4. The molecule has 2 aliphatic heterocycles. The lowest BCUT2D eigenvalue weighted by atomic mass is 9.94. The van der Waals surface area contributed by atoms with Crippen LogP contribution in [0.5, 0.6) is 0 Å². The van der Waals surface area contributed by atoms with Gasteiger partial charge in [-0.2, -0.15) is 0 Å². The summed E-state index contributed by atoms with van der Waals surface area (Å²) in [4.78, 5) is 28.4. The van der Waals surface area contributed by atoms with Gasteiger partial charge in [-0.05, 0) is 6.07 Å². The highest BCUT2D eigenvalue weighted by Gasteiger charge is 2.47. The molecule has 1 atom stereocenters. The van der Waals surface area contributed by atoms with Gasteiger partial charge in [0.2, 0.25) is 5.91 Å². The zero-order valence-electron chi connectivity index (χ0n) is 13.4. The Labute approximate surface area is 135 Å². The lowest BCUT2D eigenvalue weighted by Crippen LogP contribution is -2.63. The van der Waals surface area contributed by atoms with Gasteiger partial charge in [0.05, 0.1) is 18.4 Å². The van der Waals surface area contributed by atoms with Crippen molar-refractivity contribution < 1.29 is 18.7 Å². The molecule has 7 nitrogen and oxygen atoms in total. The summed E-state index contributed by atoms with van der Waals surface area (Å²) in [7, 11) is 0. The highest BCUT2D eigenvalue weighted by atomic mass is 16.5. The van der Waals surface area contributed by atoms with E-state index in [9.17, 15) is 9.59 Å². The molecule has 2 aliphatic rings. The Bertz CT molecular complexity index is 584. The molecule has 126 valence electrons. The predicted octanol–water partition coefficient (Wildman–Crippen LogP) is 0.244. The van der Waals surface area contributed by atoms with Gasteiger partial charge in [0.25, 0.3) is 5.91 Å². The van der Waals surface area contributed by atoms with Gasteiger partial charge in [-0.1, -0.05) is 6.92 Å². The molecule has 0 aliphatic carbocycles. The van der Waals surface area contributed by atoms with Crippen LogP contribution in [0.3, 0.4) is 0 Å². The third-order valence-electron chi connectivity index (χ3n) is 4.93. The smallest absolute Gasteiger partial charge is 0.257 e. The number of rotatable bonds is 4. The summed E-state index contributed by atoms with van der Waals surface area (Å²) in [5, 5.41) is 0. The van der Waals surface area contributed by atoms with E-state index in [0.717, 1.165) is 5.76 Å². The molecule has 0 saturated carbocycles. The topological polar surface area (TPSA) is 89.0 Å². The number of hydrogen-bond acceptors (Lipinski definition) is 5. The maximum atomic E-state index is 12.6. The summed E-state index contributed by atoms with van der Waals surface area (Å²) >= 11 is 0. The Kier molecular flexibility index (Phi) is 4.41. The number of amides is 2. The van der Waals surface area contributed by atoms with Gasteiger partial charge in [0.1, 0.15) is 11.3 Å². The van der Waals surface area contributed by atoms with Crippen LogP contribution in [0.4, 0.5) is 0 Å². The number of aryl methyl sites for hydroxylation is 1. The van der Waals surface area contributed by atoms with E-state index in [1.807, 2.05) is 11.8 Å². The second-order valence-corrected chi connectivity index (χ2v) is 6.09. The fourth-order valence-electron chi connectivity index (χ4n) is 3.47. The van der Waals surface area contributed by atoms with Crippen LogP contribution in [0.1, 0.15) is 29.5 Å². The van der Waals surface area contributed by atoms with Crippen LogP contribution in [-0.2, 0) is 16.0 Å². The maximum Gasteiger partial charge on any atom is 0.257 e. The van der Waals surface area contributed by atoms with Crippen molar-refractivity contribution in [2.24, 2.45) is 5.73 Å².